The summed E-state index contributed by atoms with van der Waals surface area (Å²) < 4.78 is 10.9. The van der Waals surface area contributed by atoms with Crippen molar-refractivity contribution in [2.75, 3.05) is 34.4 Å². The third kappa shape index (κ3) is 3.85. The molecule has 0 radical (unpaired) electrons. The molecule has 0 amide bonds. The summed E-state index contributed by atoms with van der Waals surface area (Å²) in [5, 5.41) is 0. The average Bonchev–Trinajstić information content (AvgIpc) is 2.40. The summed E-state index contributed by atoms with van der Waals surface area (Å²) in [4.78, 5) is 2.16. The first kappa shape index (κ1) is 15.8. The van der Waals surface area contributed by atoms with Crippen LogP contribution < -0.4 is 15.2 Å². The van der Waals surface area contributed by atoms with Gasteiger partial charge in [0.2, 0.25) is 0 Å². The van der Waals surface area contributed by atoms with Gasteiger partial charge in [0, 0.05) is 12.1 Å². The molecule has 0 aliphatic carbocycles. The third-order valence-corrected chi connectivity index (χ3v) is 3.63. The van der Waals surface area contributed by atoms with Gasteiger partial charge in [-0.1, -0.05) is 6.07 Å². The molecule has 1 atom stereocenters. The van der Waals surface area contributed by atoms with Crippen molar-refractivity contribution in [2.45, 2.75) is 25.8 Å². The Labute approximate surface area is 116 Å². The second kappa shape index (κ2) is 6.78. The number of benzene rings is 1. The molecule has 108 valence electrons. The molecule has 1 aromatic carbocycles. The maximum absolute atomic E-state index is 5.91. The monoisotopic (exact) mass is 266 g/mol. The highest BCUT2D eigenvalue weighted by atomic mass is 16.5. The van der Waals surface area contributed by atoms with Gasteiger partial charge in [0.1, 0.15) is 0 Å². The Morgan fingerprint density at radius 1 is 1.26 bits per heavy atom. The molecule has 0 bridgehead atoms. The highest BCUT2D eigenvalue weighted by Gasteiger charge is 2.25. The molecule has 2 N–H and O–H groups in total. The molecule has 0 fully saturated rings. The first-order chi connectivity index (χ1) is 8.96. The maximum Gasteiger partial charge on any atom is 0.161 e. The normalized spacial score (nSPS) is 14.3. The fourth-order valence-electron chi connectivity index (χ4n) is 1.95. The molecule has 0 saturated carbocycles. The number of ether oxygens (including phenoxy) is 2. The lowest BCUT2D eigenvalue weighted by Crippen LogP contribution is -2.49. The van der Waals surface area contributed by atoms with E-state index in [1.807, 2.05) is 19.1 Å². The molecule has 1 aromatic rings. The van der Waals surface area contributed by atoms with E-state index in [4.69, 9.17) is 15.2 Å². The lowest BCUT2D eigenvalue weighted by molar-refractivity contribution is 0.181. The van der Waals surface area contributed by atoms with Crippen molar-refractivity contribution in [3.63, 3.8) is 0 Å². The van der Waals surface area contributed by atoms with E-state index in [0.717, 1.165) is 17.9 Å². The van der Waals surface area contributed by atoms with E-state index in [2.05, 4.69) is 32.0 Å². The van der Waals surface area contributed by atoms with E-state index in [1.165, 1.54) is 5.56 Å². The first-order valence-electron chi connectivity index (χ1n) is 6.64. The lowest BCUT2D eigenvalue weighted by Gasteiger charge is -2.35. The number of likely N-dealkylation sites (N-methyl/N-ethyl adjacent to an activating group) is 1. The minimum atomic E-state index is -0.0574. The zero-order chi connectivity index (χ0) is 14.5. The Kier molecular flexibility index (Phi) is 5.63. The van der Waals surface area contributed by atoms with Crippen molar-refractivity contribution >= 4 is 0 Å². The molecule has 19 heavy (non-hydrogen) atoms. The van der Waals surface area contributed by atoms with Crippen LogP contribution in [0.4, 0.5) is 0 Å². The summed E-state index contributed by atoms with van der Waals surface area (Å²) in [5.41, 5.74) is 7.05. The van der Waals surface area contributed by atoms with Gasteiger partial charge in [0.05, 0.1) is 13.7 Å². The van der Waals surface area contributed by atoms with Gasteiger partial charge in [0.15, 0.2) is 11.5 Å². The molecular formula is C15H26N2O2. The zero-order valence-electron chi connectivity index (χ0n) is 12.7. The van der Waals surface area contributed by atoms with E-state index in [0.29, 0.717) is 13.2 Å². The third-order valence-electron chi connectivity index (χ3n) is 3.63. The predicted octanol–water partition coefficient (Wildman–Crippen LogP) is 1.92. The van der Waals surface area contributed by atoms with Crippen LogP contribution in [0.15, 0.2) is 18.2 Å². The van der Waals surface area contributed by atoms with Crippen molar-refractivity contribution in [3.8, 4) is 11.5 Å². The van der Waals surface area contributed by atoms with Crippen LogP contribution in [0.3, 0.4) is 0 Å². The molecule has 0 aromatic heterocycles. The van der Waals surface area contributed by atoms with Crippen LogP contribution in [-0.4, -0.2) is 44.8 Å². The van der Waals surface area contributed by atoms with Gasteiger partial charge >= 0.3 is 0 Å². The number of nitrogens with two attached hydrogens (primary N) is 1. The minimum Gasteiger partial charge on any atom is -0.493 e. The van der Waals surface area contributed by atoms with Gasteiger partial charge in [-0.05, 0) is 52.1 Å². The summed E-state index contributed by atoms with van der Waals surface area (Å²) in [6.45, 7) is 5.37. The van der Waals surface area contributed by atoms with Gasteiger partial charge in [0.25, 0.3) is 0 Å². The SMILES string of the molecule is CCOc1ccc(CC(C)(CN)N(C)C)cc1OC. The van der Waals surface area contributed by atoms with Crippen molar-refractivity contribution in [3.05, 3.63) is 23.8 Å². The molecule has 4 nitrogen and oxygen atoms in total. The van der Waals surface area contributed by atoms with Crippen LogP contribution >= 0.6 is 0 Å². The summed E-state index contributed by atoms with van der Waals surface area (Å²) in [6, 6.07) is 6.07. The summed E-state index contributed by atoms with van der Waals surface area (Å²) in [5.74, 6) is 1.56. The van der Waals surface area contributed by atoms with Crippen molar-refractivity contribution < 1.29 is 9.47 Å². The summed E-state index contributed by atoms with van der Waals surface area (Å²) in [6.07, 6.45) is 0.874. The second-order valence-corrected chi connectivity index (χ2v) is 5.19. The molecule has 0 heterocycles. The largest absolute Gasteiger partial charge is 0.493 e. The van der Waals surface area contributed by atoms with Crippen LogP contribution in [-0.2, 0) is 6.42 Å². The Morgan fingerprint density at radius 3 is 2.42 bits per heavy atom. The van der Waals surface area contributed by atoms with E-state index in [-0.39, 0.29) is 5.54 Å². The quantitative estimate of drug-likeness (QED) is 0.819. The average molecular weight is 266 g/mol. The van der Waals surface area contributed by atoms with Gasteiger partial charge in [-0.15, -0.1) is 0 Å². The molecule has 0 spiro atoms. The molecular weight excluding hydrogens is 240 g/mol. The molecule has 4 heteroatoms. The van der Waals surface area contributed by atoms with Gasteiger partial charge < -0.3 is 20.1 Å². The van der Waals surface area contributed by atoms with Crippen molar-refractivity contribution in [1.82, 2.24) is 4.90 Å². The number of hydrogen-bond acceptors (Lipinski definition) is 4. The summed E-state index contributed by atoms with van der Waals surface area (Å²) >= 11 is 0. The molecule has 1 unspecified atom stereocenters. The Hall–Kier alpha value is -1.26. The first-order valence-corrected chi connectivity index (χ1v) is 6.64. The predicted molar refractivity (Wildman–Crippen MR) is 79.0 cm³/mol. The van der Waals surface area contributed by atoms with Crippen LogP contribution in [0, 0.1) is 0 Å². The molecule has 0 saturated heterocycles. The van der Waals surface area contributed by atoms with Gasteiger partial charge in [-0.3, -0.25) is 0 Å². The van der Waals surface area contributed by atoms with Crippen LogP contribution in [0.25, 0.3) is 0 Å². The highest BCUT2D eigenvalue weighted by molar-refractivity contribution is 5.43. The van der Waals surface area contributed by atoms with Crippen molar-refractivity contribution in [2.24, 2.45) is 5.73 Å². The zero-order valence-corrected chi connectivity index (χ0v) is 12.7. The lowest BCUT2D eigenvalue weighted by atomic mass is 9.91. The van der Waals surface area contributed by atoms with Crippen molar-refractivity contribution in [1.29, 1.82) is 0 Å². The Balaban J connectivity index is 2.96. The van der Waals surface area contributed by atoms with Gasteiger partial charge in [-0.25, -0.2) is 0 Å². The number of nitrogens with zero attached hydrogens (tertiary/aromatic N) is 1. The Morgan fingerprint density at radius 2 is 1.95 bits per heavy atom. The second-order valence-electron chi connectivity index (χ2n) is 5.19. The molecule has 0 aliphatic rings. The Bertz CT molecular complexity index is 407. The van der Waals surface area contributed by atoms with Crippen LogP contribution in [0.1, 0.15) is 19.4 Å². The summed E-state index contributed by atoms with van der Waals surface area (Å²) in [7, 11) is 5.77. The molecule has 0 aliphatic heterocycles. The molecule has 1 rings (SSSR count). The van der Waals surface area contributed by atoms with E-state index in [9.17, 15) is 0 Å². The van der Waals surface area contributed by atoms with E-state index < -0.39 is 0 Å². The number of methoxy groups -OCH3 is 1. The topological polar surface area (TPSA) is 47.7 Å². The maximum atomic E-state index is 5.91. The minimum absolute atomic E-state index is 0.0574. The van der Waals surface area contributed by atoms with Crippen LogP contribution in [0.2, 0.25) is 0 Å². The fraction of sp³-hybridized carbons (Fsp3) is 0.600. The number of rotatable bonds is 7. The van der Waals surface area contributed by atoms with E-state index in [1.54, 1.807) is 7.11 Å². The highest BCUT2D eigenvalue weighted by Crippen LogP contribution is 2.30. The van der Waals surface area contributed by atoms with Gasteiger partial charge in [-0.2, -0.15) is 0 Å². The number of hydrogen-bond donors (Lipinski definition) is 1. The fourth-order valence-corrected chi connectivity index (χ4v) is 1.95. The van der Waals surface area contributed by atoms with E-state index >= 15 is 0 Å². The standard InChI is InChI=1S/C15H26N2O2/c1-6-19-13-8-7-12(9-14(13)18-5)10-15(2,11-16)17(3)4/h7-9H,6,10-11,16H2,1-5H3. The smallest absolute Gasteiger partial charge is 0.161 e. The van der Waals surface area contributed by atoms with Crippen LogP contribution in [0.5, 0.6) is 11.5 Å².